The predicted octanol–water partition coefficient (Wildman–Crippen LogP) is 1.94. The summed E-state index contributed by atoms with van der Waals surface area (Å²) in [4.78, 5) is 24.8. The van der Waals surface area contributed by atoms with Crippen molar-refractivity contribution in [1.82, 2.24) is 10.2 Å². The number of ether oxygens (including phenoxy) is 1. The average Bonchev–Trinajstić information content (AvgIpc) is 2.34. The van der Waals surface area contributed by atoms with Crippen LogP contribution in [-0.4, -0.2) is 54.9 Å². The fraction of sp³-hybridized carbons (Fsp3) is 0.857. The van der Waals surface area contributed by atoms with E-state index in [0.717, 1.165) is 0 Å². The Kier molecular flexibility index (Phi) is 7.57. The number of carbonyl (C=O) groups excluding carboxylic acids is 1. The highest BCUT2D eigenvalue weighted by Gasteiger charge is 2.29. The number of hydrogen-bond donors (Lipinski definition) is 2. The van der Waals surface area contributed by atoms with Crippen LogP contribution in [0.5, 0.6) is 0 Å². The highest BCUT2D eigenvalue weighted by atomic mass is 16.5. The molecule has 0 aromatic carbocycles. The quantitative estimate of drug-likeness (QED) is 0.702. The lowest BCUT2D eigenvalue weighted by Gasteiger charge is -2.35. The van der Waals surface area contributed by atoms with Gasteiger partial charge in [-0.05, 0) is 25.2 Å². The zero-order valence-corrected chi connectivity index (χ0v) is 13.4. The molecule has 0 fully saturated rings. The van der Waals surface area contributed by atoms with E-state index in [4.69, 9.17) is 9.84 Å². The summed E-state index contributed by atoms with van der Waals surface area (Å²) >= 11 is 0. The summed E-state index contributed by atoms with van der Waals surface area (Å²) in [6.45, 7) is 8.53. The minimum absolute atomic E-state index is 0.00378. The number of aliphatic carboxylic acids is 1. The third kappa shape index (κ3) is 6.23. The van der Waals surface area contributed by atoms with Gasteiger partial charge in [-0.25, -0.2) is 9.59 Å². The van der Waals surface area contributed by atoms with Crippen LogP contribution < -0.4 is 5.32 Å². The van der Waals surface area contributed by atoms with Gasteiger partial charge in [-0.3, -0.25) is 0 Å². The number of carboxylic acids is 1. The molecule has 2 atom stereocenters. The molecule has 0 aliphatic heterocycles. The fourth-order valence-electron chi connectivity index (χ4n) is 1.70. The topological polar surface area (TPSA) is 78.9 Å². The number of carbonyl (C=O) groups is 2. The second-order valence-electron chi connectivity index (χ2n) is 6.13. The van der Waals surface area contributed by atoms with Crippen molar-refractivity contribution in [2.45, 2.75) is 52.6 Å². The van der Waals surface area contributed by atoms with Crippen LogP contribution in [0.3, 0.4) is 0 Å². The second-order valence-corrected chi connectivity index (χ2v) is 6.13. The Morgan fingerprint density at radius 3 is 2.30 bits per heavy atom. The zero-order chi connectivity index (χ0) is 15.9. The van der Waals surface area contributed by atoms with Gasteiger partial charge in [0.2, 0.25) is 0 Å². The summed E-state index contributed by atoms with van der Waals surface area (Å²) in [7, 11) is 3.24. The van der Waals surface area contributed by atoms with Gasteiger partial charge in [-0.2, -0.15) is 0 Å². The van der Waals surface area contributed by atoms with Gasteiger partial charge in [0.25, 0.3) is 0 Å². The van der Waals surface area contributed by atoms with Crippen molar-refractivity contribution in [1.29, 1.82) is 0 Å². The average molecular weight is 288 g/mol. The molecule has 0 bridgehead atoms. The number of methoxy groups -OCH3 is 1. The number of urea groups is 1. The van der Waals surface area contributed by atoms with Gasteiger partial charge in [-0.15, -0.1) is 0 Å². The van der Waals surface area contributed by atoms with Crippen LogP contribution in [0.25, 0.3) is 0 Å². The van der Waals surface area contributed by atoms with E-state index in [0.29, 0.717) is 19.4 Å². The van der Waals surface area contributed by atoms with Gasteiger partial charge in [0, 0.05) is 26.8 Å². The molecule has 6 heteroatoms. The van der Waals surface area contributed by atoms with Gasteiger partial charge in [-0.1, -0.05) is 20.8 Å². The van der Waals surface area contributed by atoms with Crippen molar-refractivity contribution in [2.75, 3.05) is 20.8 Å². The van der Waals surface area contributed by atoms with Gasteiger partial charge >= 0.3 is 12.0 Å². The summed E-state index contributed by atoms with van der Waals surface area (Å²) in [6, 6.07) is -1.25. The van der Waals surface area contributed by atoms with Crippen molar-refractivity contribution < 1.29 is 19.4 Å². The van der Waals surface area contributed by atoms with E-state index >= 15 is 0 Å². The summed E-state index contributed by atoms with van der Waals surface area (Å²) in [5.74, 6) is -1.02. The maximum atomic E-state index is 12.1. The van der Waals surface area contributed by atoms with Crippen LogP contribution in [-0.2, 0) is 9.53 Å². The molecule has 20 heavy (non-hydrogen) atoms. The van der Waals surface area contributed by atoms with Gasteiger partial charge in [0.15, 0.2) is 0 Å². The lowest BCUT2D eigenvalue weighted by Crippen LogP contribution is -2.52. The van der Waals surface area contributed by atoms with Gasteiger partial charge < -0.3 is 20.1 Å². The normalized spacial score (nSPS) is 14.5. The van der Waals surface area contributed by atoms with Crippen LogP contribution in [0.15, 0.2) is 0 Å². The Morgan fingerprint density at radius 2 is 1.90 bits per heavy atom. The van der Waals surface area contributed by atoms with E-state index in [1.54, 1.807) is 19.1 Å². The van der Waals surface area contributed by atoms with E-state index in [-0.39, 0.29) is 17.5 Å². The molecule has 0 spiro atoms. The molecule has 2 amide bonds. The molecule has 0 saturated carbocycles. The van der Waals surface area contributed by atoms with Crippen molar-refractivity contribution in [3.63, 3.8) is 0 Å². The molecule has 0 saturated heterocycles. The first-order valence-corrected chi connectivity index (χ1v) is 6.86. The zero-order valence-electron chi connectivity index (χ0n) is 13.4. The maximum Gasteiger partial charge on any atom is 0.326 e. The Morgan fingerprint density at radius 1 is 1.35 bits per heavy atom. The minimum atomic E-state index is -1.02. The molecule has 0 rings (SSSR count). The summed E-state index contributed by atoms with van der Waals surface area (Å²) in [6.07, 6.45) is 0.943. The molecule has 2 unspecified atom stereocenters. The minimum Gasteiger partial charge on any atom is -0.480 e. The molecular formula is C14H28N2O4. The van der Waals surface area contributed by atoms with Gasteiger partial charge in [0.05, 0.1) is 0 Å². The van der Waals surface area contributed by atoms with Crippen molar-refractivity contribution in [3.05, 3.63) is 0 Å². The number of hydrogen-bond acceptors (Lipinski definition) is 3. The molecule has 0 aliphatic rings. The van der Waals surface area contributed by atoms with Gasteiger partial charge in [0.1, 0.15) is 6.04 Å². The van der Waals surface area contributed by atoms with E-state index in [1.807, 2.05) is 27.7 Å². The lowest BCUT2D eigenvalue weighted by atomic mass is 9.87. The molecule has 0 aliphatic carbocycles. The first kappa shape index (κ1) is 18.7. The largest absolute Gasteiger partial charge is 0.480 e. The van der Waals surface area contributed by atoms with E-state index < -0.39 is 12.0 Å². The Labute approximate surface area is 121 Å². The summed E-state index contributed by atoms with van der Waals surface area (Å²) in [5.41, 5.74) is -0.0686. The number of rotatable bonds is 7. The molecule has 0 aromatic rings. The Bertz CT molecular complexity index is 326. The fourth-order valence-corrected chi connectivity index (χ4v) is 1.70. The summed E-state index contributed by atoms with van der Waals surface area (Å²) < 4.78 is 4.89. The summed E-state index contributed by atoms with van der Waals surface area (Å²) in [5, 5.41) is 11.7. The van der Waals surface area contributed by atoms with Crippen LogP contribution in [0.1, 0.15) is 40.5 Å². The number of nitrogens with one attached hydrogen (secondary N) is 1. The molecule has 2 N–H and O–H groups in total. The first-order chi connectivity index (χ1) is 9.11. The van der Waals surface area contributed by atoms with E-state index in [1.165, 1.54) is 0 Å². The van der Waals surface area contributed by atoms with Crippen molar-refractivity contribution >= 4 is 12.0 Å². The molecular weight excluding hydrogens is 260 g/mol. The molecule has 0 aromatic heterocycles. The predicted molar refractivity (Wildman–Crippen MR) is 77.7 cm³/mol. The molecule has 0 heterocycles. The Hall–Kier alpha value is -1.30. The van der Waals surface area contributed by atoms with Crippen LogP contribution in [0, 0.1) is 5.41 Å². The smallest absolute Gasteiger partial charge is 0.326 e. The van der Waals surface area contributed by atoms with Crippen LogP contribution in [0.4, 0.5) is 4.79 Å². The highest BCUT2D eigenvalue weighted by molar-refractivity contribution is 5.82. The highest BCUT2D eigenvalue weighted by Crippen LogP contribution is 2.23. The van der Waals surface area contributed by atoms with Crippen molar-refractivity contribution in [2.24, 2.45) is 5.41 Å². The Balaban J connectivity index is 4.56. The molecule has 118 valence electrons. The monoisotopic (exact) mass is 288 g/mol. The van der Waals surface area contributed by atoms with Crippen LogP contribution >= 0.6 is 0 Å². The molecule has 0 radical (unpaired) electrons. The third-order valence-corrected chi connectivity index (χ3v) is 3.59. The third-order valence-electron chi connectivity index (χ3n) is 3.59. The standard InChI is InChI=1S/C14H28N2O4/c1-10(14(2,3)4)16(5)13(19)15-11(12(17)18)8-7-9-20-6/h10-11H,7-9H2,1-6H3,(H,15,19)(H,17,18). The first-order valence-electron chi connectivity index (χ1n) is 6.86. The second kappa shape index (κ2) is 8.09. The van der Waals surface area contributed by atoms with Crippen molar-refractivity contribution in [3.8, 4) is 0 Å². The van der Waals surface area contributed by atoms with E-state index in [9.17, 15) is 9.59 Å². The molecule has 6 nitrogen and oxygen atoms in total. The number of carboxylic acid groups (broad SMARTS) is 1. The number of amides is 2. The van der Waals surface area contributed by atoms with Crippen LogP contribution in [0.2, 0.25) is 0 Å². The van der Waals surface area contributed by atoms with E-state index in [2.05, 4.69) is 5.32 Å². The SMILES string of the molecule is COCCCC(NC(=O)N(C)C(C)C(C)(C)C)C(=O)O. The number of nitrogens with zero attached hydrogens (tertiary/aromatic N) is 1. The lowest BCUT2D eigenvalue weighted by molar-refractivity contribution is -0.139. The maximum absolute atomic E-state index is 12.1.